The smallest absolute Gasteiger partial charge is 0.255 e. The number of aryl methyl sites for hydroxylation is 1. The van der Waals surface area contributed by atoms with Gasteiger partial charge in [-0.05, 0) is 44.9 Å². The fourth-order valence-corrected chi connectivity index (χ4v) is 1.85. The summed E-state index contributed by atoms with van der Waals surface area (Å²) < 4.78 is 5.25. The van der Waals surface area contributed by atoms with Crippen molar-refractivity contribution in [2.45, 2.75) is 33.7 Å². The number of hydrogen-bond acceptors (Lipinski definition) is 2. The lowest BCUT2D eigenvalue weighted by Crippen LogP contribution is -2.31. The van der Waals surface area contributed by atoms with Gasteiger partial charge < -0.3 is 10.1 Å². The Morgan fingerprint density at radius 1 is 1.41 bits per heavy atom. The van der Waals surface area contributed by atoms with Gasteiger partial charge in [-0.2, -0.15) is 0 Å². The highest BCUT2D eigenvalue weighted by Crippen LogP contribution is 2.31. The van der Waals surface area contributed by atoms with Crippen molar-refractivity contribution >= 4 is 17.5 Å². The van der Waals surface area contributed by atoms with E-state index in [0.29, 0.717) is 16.3 Å². The number of carbonyl (C=O) groups excluding carboxylic acids is 1. The fraction of sp³-hybridized carbons (Fsp3) is 0.462. The molecule has 1 amide bonds. The van der Waals surface area contributed by atoms with E-state index in [1.807, 2.05) is 27.7 Å². The average Bonchev–Trinajstić information content (AvgIpc) is 2.23. The molecule has 0 aliphatic carbocycles. The van der Waals surface area contributed by atoms with E-state index < -0.39 is 0 Å². The molecule has 0 fully saturated rings. The minimum Gasteiger partial charge on any atom is -0.496 e. The molecular formula is C13H18ClNO2. The van der Waals surface area contributed by atoms with E-state index in [1.165, 1.54) is 0 Å². The zero-order valence-corrected chi connectivity index (χ0v) is 11.6. The van der Waals surface area contributed by atoms with Crippen LogP contribution in [-0.2, 0) is 0 Å². The lowest BCUT2D eigenvalue weighted by atomic mass is 10.0. The first-order chi connectivity index (χ1) is 7.88. The number of halogens is 1. The van der Waals surface area contributed by atoms with Gasteiger partial charge >= 0.3 is 0 Å². The monoisotopic (exact) mass is 255 g/mol. The van der Waals surface area contributed by atoms with E-state index in [1.54, 1.807) is 13.2 Å². The molecule has 1 aromatic carbocycles. The van der Waals surface area contributed by atoms with E-state index in [0.717, 1.165) is 11.1 Å². The van der Waals surface area contributed by atoms with Crippen molar-refractivity contribution in [1.29, 1.82) is 0 Å². The van der Waals surface area contributed by atoms with Gasteiger partial charge in [0.15, 0.2) is 0 Å². The number of methoxy groups -OCH3 is 1. The van der Waals surface area contributed by atoms with Crippen molar-refractivity contribution in [2.24, 2.45) is 0 Å². The van der Waals surface area contributed by atoms with Gasteiger partial charge in [-0.1, -0.05) is 11.6 Å². The summed E-state index contributed by atoms with van der Waals surface area (Å²) in [6, 6.07) is 1.86. The van der Waals surface area contributed by atoms with Gasteiger partial charge in [-0.3, -0.25) is 4.79 Å². The molecular weight excluding hydrogens is 238 g/mol. The summed E-state index contributed by atoms with van der Waals surface area (Å²) in [7, 11) is 1.55. The van der Waals surface area contributed by atoms with Crippen molar-refractivity contribution in [2.75, 3.05) is 7.11 Å². The maximum atomic E-state index is 12.1. The maximum Gasteiger partial charge on any atom is 0.255 e. The summed E-state index contributed by atoms with van der Waals surface area (Å²) >= 11 is 6.16. The quantitative estimate of drug-likeness (QED) is 0.901. The number of nitrogens with one attached hydrogen (secondary N) is 1. The van der Waals surface area contributed by atoms with Crippen LogP contribution in [0.2, 0.25) is 5.02 Å². The number of benzene rings is 1. The minimum absolute atomic E-state index is 0.0756. The van der Waals surface area contributed by atoms with Gasteiger partial charge in [0.1, 0.15) is 5.75 Å². The summed E-state index contributed by atoms with van der Waals surface area (Å²) in [4.78, 5) is 12.1. The average molecular weight is 256 g/mol. The summed E-state index contributed by atoms with van der Waals surface area (Å²) in [6.07, 6.45) is 0. The first-order valence-corrected chi connectivity index (χ1v) is 5.90. The van der Waals surface area contributed by atoms with E-state index in [4.69, 9.17) is 16.3 Å². The van der Waals surface area contributed by atoms with E-state index in [2.05, 4.69) is 5.32 Å². The van der Waals surface area contributed by atoms with Crippen molar-refractivity contribution in [3.05, 3.63) is 27.8 Å². The Balaban J connectivity index is 3.30. The molecule has 0 aliphatic rings. The SMILES string of the molecule is COc1cc(C)c(Cl)c(C)c1C(=O)NC(C)C. The molecule has 0 radical (unpaired) electrons. The van der Waals surface area contributed by atoms with Crippen LogP contribution in [0.3, 0.4) is 0 Å². The minimum atomic E-state index is -0.156. The van der Waals surface area contributed by atoms with Gasteiger partial charge in [0.2, 0.25) is 0 Å². The molecule has 0 saturated heterocycles. The highest BCUT2D eigenvalue weighted by molar-refractivity contribution is 6.32. The molecule has 0 heterocycles. The topological polar surface area (TPSA) is 38.3 Å². The van der Waals surface area contributed by atoms with Crippen LogP contribution in [0, 0.1) is 13.8 Å². The molecule has 94 valence electrons. The second-order valence-electron chi connectivity index (χ2n) is 4.34. The van der Waals surface area contributed by atoms with Gasteiger partial charge in [0.05, 0.1) is 12.7 Å². The van der Waals surface area contributed by atoms with Crippen LogP contribution >= 0.6 is 11.6 Å². The summed E-state index contributed by atoms with van der Waals surface area (Å²) in [5, 5.41) is 3.45. The predicted octanol–water partition coefficient (Wildman–Crippen LogP) is 3.10. The van der Waals surface area contributed by atoms with Crippen molar-refractivity contribution < 1.29 is 9.53 Å². The maximum absolute atomic E-state index is 12.1. The summed E-state index contributed by atoms with van der Waals surface area (Å²) in [5.41, 5.74) is 2.17. The Morgan fingerprint density at radius 3 is 2.47 bits per heavy atom. The van der Waals surface area contributed by atoms with Crippen molar-refractivity contribution in [1.82, 2.24) is 5.32 Å². The zero-order chi connectivity index (χ0) is 13.2. The van der Waals surface area contributed by atoms with Gasteiger partial charge in [-0.15, -0.1) is 0 Å². The number of ether oxygens (including phenoxy) is 1. The molecule has 4 heteroatoms. The number of carbonyl (C=O) groups is 1. The molecule has 0 bridgehead atoms. The highest BCUT2D eigenvalue weighted by atomic mass is 35.5. The lowest BCUT2D eigenvalue weighted by Gasteiger charge is -2.16. The highest BCUT2D eigenvalue weighted by Gasteiger charge is 2.19. The molecule has 0 spiro atoms. The second kappa shape index (κ2) is 5.41. The number of hydrogen-bond donors (Lipinski definition) is 1. The molecule has 0 aliphatic heterocycles. The normalized spacial score (nSPS) is 10.5. The zero-order valence-electron chi connectivity index (χ0n) is 10.8. The Labute approximate surface area is 107 Å². The lowest BCUT2D eigenvalue weighted by molar-refractivity contribution is 0.0939. The third-order valence-electron chi connectivity index (χ3n) is 2.51. The Kier molecular flexibility index (Phi) is 4.40. The van der Waals surface area contributed by atoms with Crippen LogP contribution in [0.15, 0.2) is 6.07 Å². The van der Waals surface area contributed by atoms with Gasteiger partial charge in [-0.25, -0.2) is 0 Å². The Morgan fingerprint density at radius 2 is 2.00 bits per heavy atom. The largest absolute Gasteiger partial charge is 0.496 e. The van der Waals surface area contributed by atoms with Crippen molar-refractivity contribution in [3.63, 3.8) is 0 Å². The molecule has 3 nitrogen and oxygen atoms in total. The standard InChI is InChI=1S/C13H18ClNO2/c1-7(2)15-13(16)11-9(4)12(14)8(3)6-10(11)17-5/h6-7H,1-5H3,(H,15,16). The van der Waals surface area contributed by atoms with E-state index in [-0.39, 0.29) is 11.9 Å². The predicted molar refractivity (Wildman–Crippen MR) is 70.1 cm³/mol. The third-order valence-corrected chi connectivity index (χ3v) is 3.09. The molecule has 0 saturated carbocycles. The summed E-state index contributed by atoms with van der Waals surface area (Å²) in [5.74, 6) is 0.402. The fourth-order valence-electron chi connectivity index (χ4n) is 1.70. The first-order valence-electron chi connectivity index (χ1n) is 5.53. The van der Waals surface area contributed by atoms with Crippen LogP contribution < -0.4 is 10.1 Å². The molecule has 0 unspecified atom stereocenters. The van der Waals surface area contributed by atoms with Gasteiger partial charge in [0.25, 0.3) is 5.91 Å². The molecule has 0 atom stereocenters. The van der Waals surface area contributed by atoms with Gasteiger partial charge in [0, 0.05) is 11.1 Å². The second-order valence-corrected chi connectivity index (χ2v) is 4.72. The Bertz CT molecular complexity index is 442. The molecule has 0 aromatic heterocycles. The Hall–Kier alpha value is -1.22. The van der Waals surface area contributed by atoms with Crippen LogP contribution in [-0.4, -0.2) is 19.1 Å². The van der Waals surface area contributed by atoms with Crippen LogP contribution in [0.5, 0.6) is 5.75 Å². The third kappa shape index (κ3) is 2.91. The molecule has 17 heavy (non-hydrogen) atoms. The van der Waals surface area contributed by atoms with Crippen LogP contribution in [0.4, 0.5) is 0 Å². The van der Waals surface area contributed by atoms with Crippen LogP contribution in [0.1, 0.15) is 35.3 Å². The molecule has 1 aromatic rings. The van der Waals surface area contributed by atoms with E-state index in [9.17, 15) is 4.79 Å². The first kappa shape index (κ1) is 13.8. The van der Waals surface area contributed by atoms with E-state index >= 15 is 0 Å². The molecule has 1 N–H and O–H groups in total. The summed E-state index contributed by atoms with van der Waals surface area (Å²) in [6.45, 7) is 7.54. The molecule has 1 rings (SSSR count). The van der Waals surface area contributed by atoms with Crippen LogP contribution in [0.25, 0.3) is 0 Å². The number of amides is 1. The van der Waals surface area contributed by atoms with Crippen molar-refractivity contribution in [3.8, 4) is 5.75 Å². The number of rotatable bonds is 3.